The van der Waals surface area contributed by atoms with Gasteiger partial charge in [0.2, 0.25) is 5.91 Å². The number of aryl methyl sites for hydroxylation is 1. The number of carbonyl (C=O) groups is 1. The molecule has 0 fully saturated rings. The summed E-state index contributed by atoms with van der Waals surface area (Å²) in [5, 5.41) is 7.50. The molecule has 1 heterocycles. The fraction of sp³-hybridized carbons (Fsp3) is 0.412. The standard InChI is InChI=1S/C17H24N4O/c1-13-16(12-17(22)19-11-7-6-10-18)14(2)21(20-13)15-8-4-3-5-9-15/h3-5,8-9H,6-7,10-12,18H2,1-2H3,(H,19,22). The van der Waals surface area contributed by atoms with Crippen molar-refractivity contribution in [3.05, 3.63) is 47.3 Å². The van der Waals surface area contributed by atoms with Gasteiger partial charge in [-0.3, -0.25) is 4.79 Å². The molecule has 118 valence electrons. The van der Waals surface area contributed by atoms with E-state index in [-0.39, 0.29) is 5.91 Å². The Morgan fingerprint density at radius 2 is 1.95 bits per heavy atom. The monoisotopic (exact) mass is 300 g/mol. The Labute approximate surface area is 131 Å². The minimum atomic E-state index is 0.0378. The summed E-state index contributed by atoms with van der Waals surface area (Å²) < 4.78 is 1.90. The van der Waals surface area contributed by atoms with Gasteiger partial charge in [-0.25, -0.2) is 4.68 Å². The average Bonchev–Trinajstić information content (AvgIpc) is 2.80. The van der Waals surface area contributed by atoms with Crippen LogP contribution in [0.3, 0.4) is 0 Å². The van der Waals surface area contributed by atoms with Crippen molar-refractivity contribution in [2.75, 3.05) is 13.1 Å². The number of hydrogen-bond donors (Lipinski definition) is 2. The number of hydrogen-bond acceptors (Lipinski definition) is 3. The molecule has 1 aromatic heterocycles. The number of amides is 1. The van der Waals surface area contributed by atoms with Crippen LogP contribution >= 0.6 is 0 Å². The third-order valence-electron chi connectivity index (χ3n) is 3.73. The van der Waals surface area contributed by atoms with Crippen molar-refractivity contribution in [2.45, 2.75) is 33.1 Å². The van der Waals surface area contributed by atoms with Crippen molar-refractivity contribution in [1.29, 1.82) is 0 Å². The minimum Gasteiger partial charge on any atom is -0.356 e. The molecule has 0 saturated carbocycles. The molecular weight excluding hydrogens is 276 g/mol. The summed E-state index contributed by atoms with van der Waals surface area (Å²) >= 11 is 0. The van der Waals surface area contributed by atoms with Gasteiger partial charge in [-0.2, -0.15) is 5.10 Å². The van der Waals surface area contributed by atoms with Gasteiger partial charge in [0.15, 0.2) is 0 Å². The van der Waals surface area contributed by atoms with Crippen LogP contribution in [0.1, 0.15) is 29.8 Å². The second kappa shape index (κ2) is 7.75. The second-order valence-corrected chi connectivity index (χ2v) is 5.42. The molecule has 5 nitrogen and oxygen atoms in total. The molecule has 2 rings (SSSR count). The quantitative estimate of drug-likeness (QED) is 0.767. The lowest BCUT2D eigenvalue weighted by molar-refractivity contribution is -0.120. The molecule has 0 aliphatic carbocycles. The number of benzene rings is 1. The molecule has 1 amide bonds. The fourth-order valence-electron chi connectivity index (χ4n) is 2.47. The summed E-state index contributed by atoms with van der Waals surface area (Å²) in [6.07, 6.45) is 2.22. The van der Waals surface area contributed by atoms with E-state index >= 15 is 0 Å². The van der Waals surface area contributed by atoms with Crippen LogP contribution in [0.15, 0.2) is 30.3 Å². The third kappa shape index (κ3) is 3.95. The Morgan fingerprint density at radius 3 is 2.64 bits per heavy atom. The minimum absolute atomic E-state index is 0.0378. The SMILES string of the molecule is Cc1nn(-c2ccccc2)c(C)c1CC(=O)NCCCCN. The molecule has 3 N–H and O–H groups in total. The van der Waals surface area contributed by atoms with Gasteiger partial charge in [-0.1, -0.05) is 18.2 Å². The van der Waals surface area contributed by atoms with Crippen LogP contribution in [0, 0.1) is 13.8 Å². The van der Waals surface area contributed by atoms with E-state index in [1.165, 1.54) is 0 Å². The normalized spacial score (nSPS) is 10.7. The number of unbranched alkanes of at least 4 members (excludes halogenated alkanes) is 1. The first-order chi connectivity index (χ1) is 10.6. The first-order valence-corrected chi connectivity index (χ1v) is 7.70. The van der Waals surface area contributed by atoms with Crippen LogP contribution in [-0.2, 0) is 11.2 Å². The first kappa shape index (κ1) is 16.2. The Balaban J connectivity index is 2.06. The number of rotatable bonds is 7. The van der Waals surface area contributed by atoms with E-state index in [2.05, 4.69) is 10.4 Å². The maximum atomic E-state index is 12.0. The van der Waals surface area contributed by atoms with Crippen LogP contribution < -0.4 is 11.1 Å². The molecule has 0 atom stereocenters. The zero-order chi connectivity index (χ0) is 15.9. The molecule has 0 radical (unpaired) electrons. The van der Waals surface area contributed by atoms with Crippen LogP contribution in [0.5, 0.6) is 0 Å². The molecule has 1 aromatic carbocycles. The fourth-order valence-corrected chi connectivity index (χ4v) is 2.47. The van der Waals surface area contributed by atoms with Gasteiger partial charge >= 0.3 is 0 Å². The van der Waals surface area contributed by atoms with Crippen molar-refractivity contribution < 1.29 is 4.79 Å². The highest BCUT2D eigenvalue weighted by Crippen LogP contribution is 2.18. The number of nitrogens with two attached hydrogens (primary N) is 1. The lowest BCUT2D eigenvalue weighted by Crippen LogP contribution is -2.26. The summed E-state index contributed by atoms with van der Waals surface area (Å²) in [5.74, 6) is 0.0378. The predicted octanol–water partition coefficient (Wildman–Crippen LogP) is 1.89. The van der Waals surface area contributed by atoms with Crippen molar-refractivity contribution in [3.8, 4) is 5.69 Å². The topological polar surface area (TPSA) is 72.9 Å². The van der Waals surface area contributed by atoms with E-state index in [1.54, 1.807) is 0 Å². The molecule has 0 aliphatic rings. The van der Waals surface area contributed by atoms with E-state index in [0.29, 0.717) is 19.5 Å². The van der Waals surface area contributed by atoms with E-state index in [4.69, 9.17) is 5.73 Å². The molecule has 2 aromatic rings. The highest BCUT2D eigenvalue weighted by Gasteiger charge is 2.15. The van der Waals surface area contributed by atoms with Gasteiger partial charge in [-0.15, -0.1) is 0 Å². The van der Waals surface area contributed by atoms with E-state index in [9.17, 15) is 4.79 Å². The molecule has 0 bridgehead atoms. The summed E-state index contributed by atoms with van der Waals surface area (Å²) in [5.41, 5.74) is 9.37. The van der Waals surface area contributed by atoms with E-state index in [1.807, 2.05) is 48.9 Å². The maximum Gasteiger partial charge on any atom is 0.224 e. The largest absolute Gasteiger partial charge is 0.356 e. The second-order valence-electron chi connectivity index (χ2n) is 5.42. The van der Waals surface area contributed by atoms with Gasteiger partial charge in [0, 0.05) is 17.8 Å². The number of nitrogens with one attached hydrogen (secondary N) is 1. The van der Waals surface area contributed by atoms with Crippen LogP contribution in [-0.4, -0.2) is 28.8 Å². The molecule has 5 heteroatoms. The number of aromatic nitrogens is 2. The van der Waals surface area contributed by atoms with Crippen LogP contribution in [0.2, 0.25) is 0 Å². The number of para-hydroxylation sites is 1. The molecule has 0 saturated heterocycles. The lowest BCUT2D eigenvalue weighted by Gasteiger charge is -2.06. The van der Waals surface area contributed by atoms with E-state index < -0.39 is 0 Å². The first-order valence-electron chi connectivity index (χ1n) is 7.70. The van der Waals surface area contributed by atoms with Gasteiger partial charge < -0.3 is 11.1 Å². The highest BCUT2D eigenvalue weighted by atomic mass is 16.1. The summed E-state index contributed by atoms with van der Waals surface area (Å²) in [6.45, 7) is 5.30. The van der Waals surface area contributed by atoms with E-state index in [0.717, 1.165) is 35.5 Å². The predicted molar refractivity (Wildman–Crippen MR) is 88.0 cm³/mol. The zero-order valence-electron chi connectivity index (χ0n) is 13.3. The molecule has 0 aliphatic heterocycles. The Kier molecular flexibility index (Phi) is 5.72. The summed E-state index contributed by atoms with van der Waals surface area (Å²) in [4.78, 5) is 12.0. The zero-order valence-corrected chi connectivity index (χ0v) is 13.3. The van der Waals surface area contributed by atoms with Crippen molar-refractivity contribution in [2.24, 2.45) is 5.73 Å². The smallest absolute Gasteiger partial charge is 0.224 e. The molecule has 22 heavy (non-hydrogen) atoms. The van der Waals surface area contributed by atoms with Crippen molar-refractivity contribution in [1.82, 2.24) is 15.1 Å². The lowest BCUT2D eigenvalue weighted by atomic mass is 10.1. The molecule has 0 spiro atoms. The molecule has 0 unspecified atom stereocenters. The van der Waals surface area contributed by atoms with Gasteiger partial charge in [0.25, 0.3) is 0 Å². The van der Waals surface area contributed by atoms with Gasteiger partial charge in [-0.05, 0) is 45.4 Å². The van der Waals surface area contributed by atoms with Crippen molar-refractivity contribution >= 4 is 5.91 Å². The Morgan fingerprint density at radius 1 is 1.23 bits per heavy atom. The Bertz CT molecular complexity index is 619. The van der Waals surface area contributed by atoms with Crippen LogP contribution in [0.4, 0.5) is 0 Å². The Hall–Kier alpha value is -2.14. The van der Waals surface area contributed by atoms with Gasteiger partial charge in [0.1, 0.15) is 0 Å². The number of carbonyl (C=O) groups excluding carboxylic acids is 1. The average molecular weight is 300 g/mol. The summed E-state index contributed by atoms with van der Waals surface area (Å²) in [7, 11) is 0. The van der Waals surface area contributed by atoms with Crippen LogP contribution in [0.25, 0.3) is 5.69 Å². The number of nitrogens with zero attached hydrogens (tertiary/aromatic N) is 2. The van der Waals surface area contributed by atoms with Crippen molar-refractivity contribution in [3.63, 3.8) is 0 Å². The molecular formula is C17H24N4O. The maximum absolute atomic E-state index is 12.0. The summed E-state index contributed by atoms with van der Waals surface area (Å²) in [6, 6.07) is 9.96. The highest BCUT2D eigenvalue weighted by molar-refractivity contribution is 5.79. The van der Waals surface area contributed by atoms with Gasteiger partial charge in [0.05, 0.1) is 17.8 Å². The third-order valence-corrected chi connectivity index (χ3v) is 3.73.